The fourth-order valence-corrected chi connectivity index (χ4v) is 3.78. The van der Waals surface area contributed by atoms with Gasteiger partial charge in [-0.25, -0.2) is 15.0 Å². The van der Waals surface area contributed by atoms with Crippen LogP contribution in [0.25, 0.3) is 11.1 Å². The molecule has 3 nitrogen and oxygen atoms in total. The third-order valence-corrected chi connectivity index (χ3v) is 4.99. The van der Waals surface area contributed by atoms with Crippen LogP contribution < -0.4 is 10.0 Å². The predicted molar refractivity (Wildman–Crippen MR) is 98.6 cm³/mol. The molecule has 9 heteroatoms. The molecule has 2 aliphatic heterocycles. The lowest BCUT2D eigenvalue weighted by atomic mass is 9.92. The maximum Gasteiger partial charge on any atom is 0.443 e. The fourth-order valence-electron chi connectivity index (χ4n) is 3.78. The van der Waals surface area contributed by atoms with Gasteiger partial charge in [-0.15, -0.1) is 0 Å². The second-order valence-corrected chi connectivity index (χ2v) is 8.01. The van der Waals surface area contributed by atoms with Crippen molar-refractivity contribution in [1.29, 1.82) is 0 Å². The van der Waals surface area contributed by atoms with E-state index in [-0.39, 0.29) is 27.8 Å². The van der Waals surface area contributed by atoms with Crippen LogP contribution in [0.15, 0.2) is 53.5 Å². The highest BCUT2D eigenvalue weighted by atomic mass is 19.4. The Labute approximate surface area is 163 Å². The van der Waals surface area contributed by atoms with Crippen molar-refractivity contribution in [1.82, 2.24) is 0 Å². The standard InChI is InChI=1S/C20H17F6N3/c1-17(2,3)16-27-18(19(21,22)23,20(24,25)26)29-15-11-7-5-9-13(15)12-8-4-6-10-14(12)28(16)29/h4-11H,1-3H3. The smallest absolute Gasteiger partial charge is 0.236 e. The molecule has 0 saturated carbocycles. The van der Waals surface area contributed by atoms with Gasteiger partial charge in [-0.05, 0) is 12.1 Å². The molecule has 2 aromatic carbocycles. The Balaban J connectivity index is 2.15. The first-order chi connectivity index (χ1) is 13.3. The summed E-state index contributed by atoms with van der Waals surface area (Å²) in [5.74, 6) is -0.311. The molecule has 2 aromatic rings. The Kier molecular flexibility index (Phi) is 3.83. The molecule has 0 N–H and O–H groups in total. The number of halogens is 6. The number of hydrogen-bond donors (Lipinski definition) is 0. The average molecular weight is 413 g/mol. The summed E-state index contributed by atoms with van der Waals surface area (Å²) in [5.41, 5.74) is -4.68. The molecule has 0 spiro atoms. The van der Waals surface area contributed by atoms with E-state index in [1.807, 2.05) is 0 Å². The van der Waals surface area contributed by atoms with Crippen LogP contribution in [0.2, 0.25) is 0 Å². The highest BCUT2D eigenvalue weighted by Crippen LogP contribution is 2.59. The van der Waals surface area contributed by atoms with Gasteiger partial charge in [0, 0.05) is 16.5 Å². The number of fused-ring (bicyclic) bond motifs is 6. The van der Waals surface area contributed by atoms with Crippen molar-refractivity contribution in [2.24, 2.45) is 10.4 Å². The summed E-state index contributed by atoms with van der Waals surface area (Å²) in [4.78, 5) is 3.39. The summed E-state index contributed by atoms with van der Waals surface area (Å²) in [5, 5.41) is 1.23. The molecule has 29 heavy (non-hydrogen) atoms. The van der Waals surface area contributed by atoms with Crippen LogP contribution in [-0.2, 0) is 0 Å². The molecule has 0 amide bonds. The molecular weight excluding hydrogens is 396 g/mol. The normalized spacial score (nSPS) is 18.2. The summed E-state index contributed by atoms with van der Waals surface area (Å²) in [6, 6.07) is 12.2. The van der Waals surface area contributed by atoms with Crippen molar-refractivity contribution in [3.8, 4) is 11.1 Å². The number of para-hydroxylation sites is 2. The predicted octanol–water partition coefficient (Wildman–Crippen LogP) is 6.17. The number of aliphatic imine (C=N–C) groups is 1. The quantitative estimate of drug-likeness (QED) is 0.481. The molecule has 2 aliphatic rings. The van der Waals surface area contributed by atoms with Gasteiger partial charge in [0.05, 0.1) is 11.4 Å². The molecule has 0 aliphatic carbocycles. The fraction of sp³-hybridized carbons (Fsp3) is 0.350. The zero-order valence-electron chi connectivity index (χ0n) is 15.7. The van der Waals surface area contributed by atoms with Crippen LogP contribution in [0.3, 0.4) is 0 Å². The van der Waals surface area contributed by atoms with Gasteiger partial charge in [-0.3, -0.25) is 0 Å². The van der Waals surface area contributed by atoms with Crippen LogP contribution in [0.5, 0.6) is 0 Å². The SMILES string of the molecule is CC(C)(C)C1=NC(C(F)(F)F)(C(F)(F)F)N2c3ccccc3-c3ccccc3N12. The number of rotatable bonds is 0. The largest absolute Gasteiger partial charge is 0.443 e. The third kappa shape index (κ3) is 2.49. The van der Waals surface area contributed by atoms with Gasteiger partial charge < -0.3 is 0 Å². The van der Waals surface area contributed by atoms with Crippen molar-refractivity contribution < 1.29 is 26.3 Å². The van der Waals surface area contributed by atoms with E-state index in [2.05, 4.69) is 4.99 Å². The minimum atomic E-state index is -5.71. The van der Waals surface area contributed by atoms with Gasteiger partial charge >= 0.3 is 18.0 Å². The zero-order chi connectivity index (χ0) is 21.4. The van der Waals surface area contributed by atoms with Gasteiger partial charge in [-0.1, -0.05) is 57.2 Å². The van der Waals surface area contributed by atoms with E-state index in [4.69, 9.17) is 0 Å². The van der Waals surface area contributed by atoms with Crippen LogP contribution >= 0.6 is 0 Å². The van der Waals surface area contributed by atoms with Crippen molar-refractivity contribution in [3.63, 3.8) is 0 Å². The highest BCUT2D eigenvalue weighted by molar-refractivity contribution is 6.12. The molecule has 154 valence electrons. The van der Waals surface area contributed by atoms with Crippen molar-refractivity contribution in [3.05, 3.63) is 48.5 Å². The lowest BCUT2D eigenvalue weighted by molar-refractivity contribution is -0.292. The van der Waals surface area contributed by atoms with Crippen molar-refractivity contribution >= 4 is 17.2 Å². The van der Waals surface area contributed by atoms with Crippen LogP contribution in [0.1, 0.15) is 20.8 Å². The van der Waals surface area contributed by atoms with Crippen molar-refractivity contribution in [2.75, 3.05) is 10.0 Å². The summed E-state index contributed by atoms with van der Waals surface area (Å²) < 4.78 is 85.3. The molecule has 0 saturated heterocycles. The number of anilines is 2. The van der Waals surface area contributed by atoms with Gasteiger partial charge in [-0.2, -0.15) is 26.3 Å². The average Bonchev–Trinajstić information content (AvgIpc) is 3.00. The number of amidine groups is 1. The highest BCUT2D eigenvalue weighted by Gasteiger charge is 2.79. The summed E-state index contributed by atoms with van der Waals surface area (Å²) in [6.45, 7) is 4.61. The van der Waals surface area contributed by atoms with E-state index in [1.165, 1.54) is 45.0 Å². The Morgan fingerprint density at radius 1 is 0.724 bits per heavy atom. The number of hydrazine groups is 1. The second-order valence-electron chi connectivity index (χ2n) is 8.01. The topological polar surface area (TPSA) is 18.8 Å². The van der Waals surface area contributed by atoms with E-state index < -0.39 is 23.4 Å². The second kappa shape index (κ2) is 5.67. The Hall–Kier alpha value is -2.71. The Morgan fingerprint density at radius 2 is 1.17 bits per heavy atom. The number of nitrogens with zero attached hydrogens (tertiary/aromatic N) is 3. The van der Waals surface area contributed by atoms with E-state index >= 15 is 0 Å². The van der Waals surface area contributed by atoms with Gasteiger partial charge in [0.1, 0.15) is 5.84 Å². The molecule has 0 atom stereocenters. The molecule has 0 fully saturated rings. The molecule has 0 aromatic heterocycles. The van der Waals surface area contributed by atoms with E-state index in [0.717, 1.165) is 5.01 Å². The lowest BCUT2D eigenvalue weighted by Gasteiger charge is -2.47. The van der Waals surface area contributed by atoms with Gasteiger partial charge in [0.15, 0.2) is 0 Å². The molecule has 0 radical (unpaired) electrons. The number of alkyl halides is 6. The van der Waals surface area contributed by atoms with Crippen molar-refractivity contribution in [2.45, 2.75) is 38.8 Å². The Morgan fingerprint density at radius 3 is 1.66 bits per heavy atom. The molecule has 2 heterocycles. The first kappa shape index (κ1) is 19.6. The van der Waals surface area contributed by atoms with E-state index in [0.29, 0.717) is 5.56 Å². The molecule has 4 rings (SSSR count). The minimum Gasteiger partial charge on any atom is -0.236 e. The van der Waals surface area contributed by atoms with Crippen LogP contribution in [-0.4, -0.2) is 23.9 Å². The minimum absolute atomic E-state index is 0.205. The van der Waals surface area contributed by atoms with E-state index in [9.17, 15) is 26.3 Å². The molecule has 0 bridgehead atoms. The van der Waals surface area contributed by atoms with Gasteiger partial charge in [0.2, 0.25) is 0 Å². The lowest BCUT2D eigenvalue weighted by Crippen LogP contribution is -2.68. The Bertz CT molecular complexity index is 986. The molecular formula is C20H17F6N3. The summed E-state index contributed by atoms with van der Waals surface area (Å²) in [6.07, 6.45) is -11.4. The third-order valence-electron chi connectivity index (χ3n) is 4.99. The molecule has 0 unspecified atom stereocenters. The monoisotopic (exact) mass is 413 g/mol. The summed E-state index contributed by atoms with van der Waals surface area (Å²) >= 11 is 0. The van der Waals surface area contributed by atoms with Crippen LogP contribution in [0.4, 0.5) is 37.7 Å². The van der Waals surface area contributed by atoms with Crippen LogP contribution in [0, 0.1) is 5.41 Å². The maximum atomic E-state index is 14.2. The van der Waals surface area contributed by atoms with E-state index in [1.54, 1.807) is 24.3 Å². The first-order valence-corrected chi connectivity index (χ1v) is 8.83. The summed E-state index contributed by atoms with van der Waals surface area (Å²) in [7, 11) is 0. The zero-order valence-corrected chi connectivity index (χ0v) is 15.7. The maximum absolute atomic E-state index is 14.2. The van der Waals surface area contributed by atoms with Gasteiger partial charge in [0.25, 0.3) is 0 Å². The number of hydrogen-bond acceptors (Lipinski definition) is 3. The number of benzene rings is 2. The first-order valence-electron chi connectivity index (χ1n) is 8.83.